The molecule has 1 amide bonds. The zero-order valence-electron chi connectivity index (χ0n) is 16.4. The van der Waals surface area contributed by atoms with Gasteiger partial charge in [-0.25, -0.2) is 4.79 Å². The molecule has 0 radical (unpaired) electrons. The zero-order valence-corrected chi connectivity index (χ0v) is 16.4. The van der Waals surface area contributed by atoms with Crippen LogP contribution in [0.25, 0.3) is 0 Å². The minimum atomic E-state index is -1.38. The van der Waals surface area contributed by atoms with E-state index in [0.717, 1.165) is 18.2 Å². The number of hydrogen-bond acceptors (Lipinski definition) is 7. The molecule has 9 nitrogen and oxygen atoms in total. The van der Waals surface area contributed by atoms with Gasteiger partial charge in [0.1, 0.15) is 24.0 Å². The lowest BCUT2D eigenvalue weighted by atomic mass is 9.91. The number of aliphatic hydroxyl groups excluding tert-OH is 2. The molecule has 0 heterocycles. The lowest BCUT2D eigenvalue weighted by Gasteiger charge is -2.31. The monoisotopic (exact) mass is 407 g/mol. The second kappa shape index (κ2) is 9.53. The quantitative estimate of drug-likeness (QED) is 0.471. The number of aliphatic hydroxyl groups is 2. The predicted molar refractivity (Wildman–Crippen MR) is 101 cm³/mol. The third kappa shape index (κ3) is 5.78. The standard InChI is InChI=1S/C20H25NO8/c1-10-4-5-13(6-11(10)2)29-16-8-12(7-15(22)18(16)25)19(26)21-14(9-17(23)24)20(27)28-3/h4-6,8,14-16,18,22,25H,7,9H2,1-3H3,(H,21,26)(H,23,24)/t14-,15-,16+,18-/m1/s1. The number of benzene rings is 1. The summed E-state index contributed by atoms with van der Waals surface area (Å²) >= 11 is 0. The Hall–Kier alpha value is -2.91. The maximum atomic E-state index is 12.5. The van der Waals surface area contributed by atoms with Crippen LogP contribution in [0.3, 0.4) is 0 Å². The molecule has 0 aromatic heterocycles. The first-order chi connectivity index (χ1) is 13.6. The van der Waals surface area contributed by atoms with Crippen molar-refractivity contribution in [1.29, 1.82) is 0 Å². The molecular formula is C20H25NO8. The molecular weight excluding hydrogens is 382 g/mol. The van der Waals surface area contributed by atoms with Gasteiger partial charge in [-0.15, -0.1) is 0 Å². The average Bonchev–Trinajstić information content (AvgIpc) is 2.66. The Kier molecular flexibility index (Phi) is 7.35. The van der Waals surface area contributed by atoms with Crippen LogP contribution in [0.1, 0.15) is 24.0 Å². The van der Waals surface area contributed by atoms with E-state index in [1.54, 1.807) is 12.1 Å². The minimum absolute atomic E-state index is 0.0657. The van der Waals surface area contributed by atoms with Crippen molar-refractivity contribution < 1.29 is 39.2 Å². The number of carbonyl (C=O) groups is 3. The third-order valence-electron chi connectivity index (χ3n) is 4.74. The predicted octanol–water partition coefficient (Wildman–Crippen LogP) is 0.235. The largest absolute Gasteiger partial charge is 0.484 e. The molecule has 4 atom stereocenters. The fraction of sp³-hybridized carbons (Fsp3) is 0.450. The van der Waals surface area contributed by atoms with Gasteiger partial charge in [0.2, 0.25) is 5.91 Å². The number of ether oxygens (including phenoxy) is 2. The average molecular weight is 407 g/mol. The van der Waals surface area contributed by atoms with Gasteiger partial charge in [0.15, 0.2) is 0 Å². The normalized spacial score (nSPS) is 22.2. The van der Waals surface area contributed by atoms with E-state index in [9.17, 15) is 24.6 Å². The van der Waals surface area contributed by atoms with Crippen molar-refractivity contribution in [2.75, 3.05) is 7.11 Å². The van der Waals surface area contributed by atoms with Crippen LogP contribution in [-0.2, 0) is 19.1 Å². The molecule has 0 saturated carbocycles. The van der Waals surface area contributed by atoms with Crippen LogP contribution < -0.4 is 10.1 Å². The maximum absolute atomic E-state index is 12.5. The number of amides is 1. The second-order valence-corrected chi connectivity index (χ2v) is 6.93. The number of hydrogen-bond donors (Lipinski definition) is 4. The molecule has 29 heavy (non-hydrogen) atoms. The number of carboxylic acid groups (broad SMARTS) is 1. The highest BCUT2D eigenvalue weighted by Gasteiger charge is 2.35. The summed E-state index contributed by atoms with van der Waals surface area (Å²) in [5.41, 5.74) is 2.10. The molecule has 1 aliphatic rings. The highest BCUT2D eigenvalue weighted by molar-refractivity contribution is 5.97. The molecule has 0 saturated heterocycles. The van der Waals surface area contributed by atoms with Gasteiger partial charge in [0.05, 0.1) is 19.6 Å². The summed E-state index contributed by atoms with van der Waals surface area (Å²) in [7, 11) is 1.08. The number of esters is 1. The van der Waals surface area contributed by atoms with Crippen LogP contribution in [0, 0.1) is 13.8 Å². The molecule has 0 unspecified atom stereocenters. The summed E-state index contributed by atoms with van der Waals surface area (Å²) < 4.78 is 10.3. The van der Waals surface area contributed by atoms with Gasteiger partial charge < -0.3 is 30.1 Å². The first-order valence-electron chi connectivity index (χ1n) is 9.03. The molecule has 9 heteroatoms. The third-order valence-corrected chi connectivity index (χ3v) is 4.74. The molecule has 158 valence electrons. The van der Waals surface area contributed by atoms with E-state index in [1.165, 1.54) is 6.08 Å². The summed E-state index contributed by atoms with van der Waals surface area (Å²) in [5.74, 6) is -2.48. The van der Waals surface area contributed by atoms with E-state index < -0.39 is 48.6 Å². The van der Waals surface area contributed by atoms with E-state index in [1.807, 2.05) is 19.9 Å². The van der Waals surface area contributed by atoms with Crippen LogP contribution in [0.2, 0.25) is 0 Å². The topological polar surface area (TPSA) is 142 Å². The molecule has 1 aromatic carbocycles. The summed E-state index contributed by atoms with van der Waals surface area (Å²) in [6.07, 6.45) is -3.01. The van der Waals surface area contributed by atoms with Crippen LogP contribution in [-0.4, -0.2) is 64.6 Å². The Morgan fingerprint density at radius 3 is 2.48 bits per heavy atom. The van der Waals surface area contributed by atoms with Crippen molar-refractivity contribution in [1.82, 2.24) is 5.32 Å². The van der Waals surface area contributed by atoms with E-state index in [0.29, 0.717) is 5.75 Å². The Bertz CT molecular complexity index is 819. The van der Waals surface area contributed by atoms with Crippen LogP contribution in [0.15, 0.2) is 29.8 Å². The molecule has 2 rings (SSSR count). The summed E-state index contributed by atoms with van der Waals surface area (Å²) in [4.78, 5) is 35.2. The van der Waals surface area contributed by atoms with E-state index in [4.69, 9.17) is 9.84 Å². The molecule has 0 aliphatic heterocycles. The fourth-order valence-corrected chi connectivity index (χ4v) is 2.91. The zero-order chi connectivity index (χ0) is 21.7. The summed E-state index contributed by atoms with van der Waals surface area (Å²) in [6, 6.07) is 3.95. The lowest BCUT2D eigenvalue weighted by Crippen LogP contribution is -2.48. The van der Waals surface area contributed by atoms with Crippen LogP contribution in [0.4, 0.5) is 0 Å². The molecule has 0 fully saturated rings. The SMILES string of the molecule is COC(=O)[C@@H](CC(=O)O)NC(=O)C1=C[C@H](Oc2ccc(C)c(C)c2)[C@H](O)[C@H](O)C1. The van der Waals surface area contributed by atoms with Crippen LogP contribution in [0.5, 0.6) is 5.75 Å². The van der Waals surface area contributed by atoms with Gasteiger partial charge in [-0.05, 0) is 43.2 Å². The van der Waals surface area contributed by atoms with Crippen molar-refractivity contribution >= 4 is 17.8 Å². The van der Waals surface area contributed by atoms with Gasteiger partial charge in [0.25, 0.3) is 0 Å². The van der Waals surface area contributed by atoms with Gasteiger partial charge in [-0.3, -0.25) is 9.59 Å². The molecule has 0 spiro atoms. The number of methoxy groups -OCH3 is 1. The van der Waals surface area contributed by atoms with Crippen molar-refractivity contribution in [2.24, 2.45) is 0 Å². The fourth-order valence-electron chi connectivity index (χ4n) is 2.91. The Balaban J connectivity index is 2.20. The van der Waals surface area contributed by atoms with Crippen molar-refractivity contribution in [3.63, 3.8) is 0 Å². The van der Waals surface area contributed by atoms with Gasteiger partial charge in [-0.1, -0.05) is 6.07 Å². The van der Waals surface area contributed by atoms with Crippen molar-refractivity contribution in [2.45, 2.75) is 51.0 Å². The van der Waals surface area contributed by atoms with Gasteiger partial charge in [-0.2, -0.15) is 0 Å². The number of nitrogens with one attached hydrogen (secondary N) is 1. The maximum Gasteiger partial charge on any atom is 0.328 e. The molecule has 4 N–H and O–H groups in total. The minimum Gasteiger partial charge on any atom is -0.484 e. The first kappa shape index (κ1) is 22.4. The lowest BCUT2D eigenvalue weighted by molar-refractivity contribution is -0.149. The van der Waals surface area contributed by atoms with E-state index >= 15 is 0 Å². The van der Waals surface area contributed by atoms with Crippen molar-refractivity contribution in [3.8, 4) is 5.75 Å². The first-order valence-corrected chi connectivity index (χ1v) is 9.03. The summed E-state index contributed by atoms with van der Waals surface area (Å²) in [6.45, 7) is 3.84. The Labute approximate surface area is 167 Å². The number of rotatable bonds is 7. The molecule has 1 aliphatic carbocycles. The van der Waals surface area contributed by atoms with Gasteiger partial charge >= 0.3 is 11.9 Å². The highest BCUT2D eigenvalue weighted by Crippen LogP contribution is 2.25. The van der Waals surface area contributed by atoms with Crippen molar-refractivity contribution in [3.05, 3.63) is 41.0 Å². The van der Waals surface area contributed by atoms with E-state index in [-0.39, 0.29) is 12.0 Å². The summed E-state index contributed by atoms with van der Waals surface area (Å²) in [5, 5.41) is 31.6. The molecule has 0 bridgehead atoms. The van der Waals surface area contributed by atoms with E-state index in [2.05, 4.69) is 10.1 Å². The Morgan fingerprint density at radius 2 is 1.90 bits per heavy atom. The smallest absolute Gasteiger partial charge is 0.328 e. The number of aliphatic carboxylic acids is 1. The second-order valence-electron chi connectivity index (χ2n) is 6.93. The number of carboxylic acids is 1. The number of aryl methyl sites for hydroxylation is 2. The Morgan fingerprint density at radius 1 is 1.21 bits per heavy atom. The number of carbonyl (C=O) groups excluding carboxylic acids is 2. The van der Waals surface area contributed by atoms with Gasteiger partial charge in [0, 0.05) is 12.0 Å². The van der Waals surface area contributed by atoms with Crippen LogP contribution >= 0.6 is 0 Å². The molecule has 1 aromatic rings. The highest BCUT2D eigenvalue weighted by atomic mass is 16.5.